The molecule has 1 amide bonds. The molecule has 0 atom stereocenters. The normalized spacial score (nSPS) is 14.0. The lowest BCUT2D eigenvalue weighted by atomic mass is 10.2. The Morgan fingerprint density at radius 2 is 1.95 bits per heavy atom. The van der Waals surface area contributed by atoms with E-state index in [1.54, 1.807) is 0 Å². The fourth-order valence-electron chi connectivity index (χ4n) is 1.80. The van der Waals surface area contributed by atoms with Gasteiger partial charge in [-0.25, -0.2) is 4.79 Å². The maximum atomic E-state index is 11.8. The van der Waals surface area contributed by atoms with Crippen molar-refractivity contribution in [3.05, 3.63) is 11.1 Å². The number of ketones is 1. The molecule has 0 radical (unpaired) electrons. The van der Waals surface area contributed by atoms with Crippen LogP contribution in [-0.2, 0) is 28.8 Å². The van der Waals surface area contributed by atoms with E-state index < -0.39 is 11.9 Å². The highest BCUT2D eigenvalue weighted by Gasteiger charge is 2.23. The van der Waals surface area contributed by atoms with Crippen LogP contribution in [0.5, 0.6) is 0 Å². The lowest BCUT2D eigenvalue weighted by Gasteiger charge is -2.07. The Kier molecular flexibility index (Phi) is 7.65. The van der Waals surface area contributed by atoms with Gasteiger partial charge < -0.3 is 9.57 Å². The maximum Gasteiger partial charge on any atom is 0.333 e. The minimum Gasteiger partial charge on any atom is -0.461 e. The molecule has 0 spiro atoms. The number of carbonyl (C=O) groups is 4. The van der Waals surface area contributed by atoms with Crippen molar-refractivity contribution in [2.45, 2.75) is 33.1 Å². The number of hydroxylamine groups is 1. The number of esters is 1. The summed E-state index contributed by atoms with van der Waals surface area (Å²) in [7, 11) is 0. The topological polar surface area (TPSA) is 98.8 Å². The van der Waals surface area contributed by atoms with E-state index in [0.717, 1.165) is 5.57 Å². The van der Waals surface area contributed by atoms with Crippen LogP contribution in [0.1, 0.15) is 33.1 Å². The number of carbonyl (C=O) groups excluding carboxylic acids is 4. The van der Waals surface area contributed by atoms with E-state index in [4.69, 9.17) is 4.74 Å². The van der Waals surface area contributed by atoms with Crippen molar-refractivity contribution in [1.82, 2.24) is 5.48 Å². The van der Waals surface area contributed by atoms with E-state index >= 15 is 0 Å². The number of ether oxygens (including phenoxy) is 1. The second kappa shape index (κ2) is 9.24. The summed E-state index contributed by atoms with van der Waals surface area (Å²) >= 11 is 1.42. The monoisotopic (exact) mass is 329 g/mol. The second-order valence-electron chi connectivity index (χ2n) is 4.72. The molecule has 0 bridgehead atoms. The van der Waals surface area contributed by atoms with Crippen LogP contribution in [0.15, 0.2) is 11.1 Å². The molecule has 0 aromatic carbocycles. The molecule has 1 aliphatic rings. The fourth-order valence-corrected chi connectivity index (χ4v) is 2.83. The van der Waals surface area contributed by atoms with Crippen molar-refractivity contribution < 1.29 is 28.8 Å². The number of hydrogen-bond donors (Lipinski definition) is 1. The molecule has 0 aromatic heterocycles. The molecule has 1 N–H and O–H groups in total. The first-order chi connectivity index (χ1) is 10.4. The number of rotatable bonds is 7. The number of amides is 1. The van der Waals surface area contributed by atoms with Crippen molar-refractivity contribution in [3.8, 4) is 0 Å². The summed E-state index contributed by atoms with van der Waals surface area (Å²) in [6.45, 7) is 2.72. The van der Waals surface area contributed by atoms with E-state index in [-0.39, 0.29) is 24.8 Å². The van der Waals surface area contributed by atoms with Crippen molar-refractivity contribution >= 4 is 35.4 Å². The molecule has 0 aromatic rings. The zero-order valence-corrected chi connectivity index (χ0v) is 13.4. The van der Waals surface area contributed by atoms with E-state index in [1.165, 1.54) is 25.6 Å². The molecule has 0 fully saturated rings. The van der Waals surface area contributed by atoms with Gasteiger partial charge in [-0.05, 0) is 12.0 Å². The molecule has 0 aliphatic heterocycles. The van der Waals surface area contributed by atoms with Gasteiger partial charge in [-0.15, -0.1) is 0 Å². The molecule has 0 heterocycles. The highest BCUT2D eigenvalue weighted by Crippen LogP contribution is 2.26. The average Bonchev–Trinajstić information content (AvgIpc) is 2.79. The van der Waals surface area contributed by atoms with E-state index in [2.05, 4.69) is 4.84 Å². The Hall–Kier alpha value is -1.83. The van der Waals surface area contributed by atoms with Gasteiger partial charge in [-0.1, -0.05) is 0 Å². The van der Waals surface area contributed by atoms with Gasteiger partial charge in [0.2, 0.25) is 5.91 Å². The second-order valence-corrected chi connectivity index (χ2v) is 5.83. The zero-order chi connectivity index (χ0) is 16.5. The predicted molar refractivity (Wildman–Crippen MR) is 79.8 cm³/mol. The van der Waals surface area contributed by atoms with Gasteiger partial charge in [0.1, 0.15) is 6.61 Å². The van der Waals surface area contributed by atoms with Crippen LogP contribution in [0.25, 0.3) is 0 Å². The lowest BCUT2D eigenvalue weighted by Crippen LogP contribution is -2.24. The summed E-state index contributed by atoms with van der Waals surface area (Å²) < 4.78 is 4.93. The van der Waals surface area contributed by atoms with Crippen molar-refractivity contribution in [2.24, 2.45) is 0 Å². The highest BCUT2D eigenvalue weighted by molar-refractivity contribution is 7.99. The Morgan fingerprint density at radius 1 is 1.23 bits per heavy atom. The Morgan fingerprint density at radius 3 is 2.59 bits per heavy atom. The molecule has 7 nitrogen and oxygen atoms in total. The zero-order valence-electron chi connectivity index (χ0n) is 12.6. The molecule has 1 rings (SSSR count). The standard InChI is InChI=1S/C14H19NO6S/c1-9(16)15-21-14(19)5-6-22-8-12-11(3-4-13(12)18)7-20-10(2)17/h3-8H2,1-2H3,(H,15,16). The first-order valence-electron chi connectivity index (χ1n) is 6.81. The summed E-state index contributed by atoms with van der Waals surface area (Å²) in [6, 6.07) is 0. The van der Waals surface area contributed by atoms with E-state index in [9.17, 15) is 19.2 Å². The summed E-state index contributed by atoms with van der Waals surface area (Å²) in [5.74, 6) is -0.346. The Balaban J connectivity index is 2.33. The van der Waals surface area contributed by atoms with Gasteiger partial charge >= 0.3 is 11.9 Å². The molecule has 0 unspecified atom stereocenters. The predicted octanol–water partition coefficient (Wildman–Crippen LogP) is 0.927. The van der Waals surface area contributed by atoms with Crippen molar-refractivity contribution in [3.63, 3.8) is 0 Å². The van der Waals surface area contributed by atoms with Gasteiger partial charge in [-0.2, -0.15) is 17.2 Å². The van der Waals surface area contributed by atoms with Crippen molar-refractivity contribution in [1.29, 1.82) is 0 Å². The number of Topliss-reactive ketones (excluding diaryl/α,β-unsaturated/α-hetero) is 1. The maximum absolute atomic E-state index is 11.8. The van der Waals surface area contributed by atoms with Crippen LogP contribution >= 0.6 is 11.8 Å². The van der Waals surface area contributed by atoms with Gasteiger partial charge in [0, 0.05) is 37.3 Å². The third-order valence-corrected chi connectivity index (χ3v) is 3.86. The van der Waals surface area contributed by atoms with Crippen LogP contribution in [0, 0.1) is 0 Å². The summed E-state index contributed by atoms with van der Waals surface area (Å²) in [4.78, 5) is 48.9. The fraction of sp³-hybridized carbons (Fsp3) is 0.571. The van der Waals surface area contributed by atoms with E-state index in [1.807, 2.05) is 5.48 Å². The molecule has 8 heteroatoms. The van der Waals surface area contributed by atoms with Gasteiger partial charge in [0.15, 0.2) is 5.78 Å². The highest BCUT2D eigenvalue weighted by atomic mass is 32.2. The summed E-state index contributed by atoms with van der Waals surface area (Å²) in [6.07, 6.45) is 1.19. The third kappa shape index (κ3) is 6.75. The number of nitrogens with one attached hydrogen (secondary N) is 1. The summed E-state index contributed by atoms with van der Waals surface area (Å²) in [5, 5.41) is 0. The first-order valence-corrected chi connectivity index (χ1v) is 7.97. The molecule has 0 saturated carbocycles. The summed E-state index contributed by atoms with van der Waals surface area (Å²) in [5.41, 5.74) is 3.50. The SMILES string of the molecule is CC(=O)NOC(=O)CCSCC1=C(COC(C)=O)CCC1=O. The van der Waals surface area contributed by atoms with Crippen molar-refractivity contribution in [2.75, 3.05) is 18.1 Å². The van der Waals surface area contributed by atoms with E-state index in [0.29, 0.717) is 29.9 Å². The largest absolute Gasteiger partial charge is 0.461 e. The minimum absolute atomic E-state index is 0.0653. The molecular weight excluding hydrogens is 310 g/mol. The first kappa shape index (κ1) is 18.2. The van der Waals surface area contributed by atoms with Crippen LogP contribution < -0.4 is 5.48 Å². The van der Waals surface area contributed by atoms with Gasteiger partial charge in [-0.3, -0.25) is 14.4 Å². The number of thioether (sulfide) groups is 1. The molecule has 1 aliphatic carbocycles. The lowest BCUT2D eigenvalue weighted by molar-refractivity contribution is -0.157. The minimum atomic E-state index is -0.533. The number of hydrogen-bond acceptors (Lipinski definition) is 7. The molecular formula is C14H19NO6S. The van der Waals surface area contributed by atoms with Crippen LogP contribution in [-0.4, -0.2) is 41.7 Å². The van der Waals surface area contributed by atoms with Gasteiger partial charge in [0.25, 0.3) is 0 Å². The Labute approximate surface area is 132 Å². The molecule has 22 heavy (non-hydrogen) atoms. The molecule has 0 saturated heterocycles. The average molecular weight is 329 g/mol. The molecule has 122 valence electrons. The Bertz CT molecular complexity index is 500. The van der Waals surface area contributed by atoms with Crippen LogP contribution in [0.2, 0.25) is 0 Å². The quantitative estimate of drug-likeness (QED) is 0.421. The smallest absolute Gasteiger partial charge is 0.333 e. The van der Waals surface area contributed by atoms with Crippen LogP contribution in [0.3, 0.4) is 0 Å². The van der Waals surface area contributed by atoms with Crippen LogP contribution in [0.4, 0.5) is 0 Å². The van der Waals surface area contributed by atoms with Gasteiger partial charge in [0.05, 0.1) is 6.42 Å². The third-order valence-electron chi connectivity index (χ3n) is 2.87.